The van der Waals surface area contributed by atoms with Crippen molar-refractivity contribution in [3.05, 3.63) is 65.0 Å². The van der Waals surface area contributed by atoms with Crippen LogP contribution >= 0.6 is 0 Å². The minimum atomic E-state index is -1.17. The predicted molar refractivity (Wildman–Crippen MR) is 114 cm³/mol. The molecule has 3 rings (SSSR count). The fourth-order valence-electron chi connectivity index (χ4n) is 2.87. The lowest BCUT2D eigenvalue weighted by atomic mass is 9.77. The highest BCUT2D eigenvalue weighted by molar-refractivity contribution is 6.56. The van der Waals surface area contributed by atoms with Gasteiger partial charge in [0, 0.05) is 6.54 Å². The first-order valence-corrected chi connectivity index (χ1v) is 9.91. The molecule has 0 radical (unpaired) electrons. The fraction of sp³-hybridized carbons (Fsp3) is 0.364. The van der Waals surface area contributed by atoms with Crippen molar-refractivity contribution in [1.82, 2.24) is 5.32 Å². The van der Waals surface area contributed by atoms with Crippen LogP contribution in [0, 0.1) is 0 Å². The van der Waals surface area contributed by atoms with Crippen molar-refractivity contribution < 1.29 is 33.2 Å². The van der Waals surface area contributed by atoms with Gasteiger partial charge in [0.1, 0.15) is 12.4 Å². The van der Waals surface area contributed by atoms with Gasteiger partial charge in [0.2, 0.25) is 5.76 Å². The monoisotopic (exact) mass is 427 g/mol. The zero-order chi connectivity index (χ0) is 22.6. The number of furan rings is 1. The molecule has 0 saturated carbocycles. The van der Waals surface area contributed by atoms with Crippen LogP contribution in [-0.4, -0.2) is 42.0 Å². The highest BCUT2D eigenvalue weighted by Crippen LogP contribution is 2.38. The van der Waals surface area contributed by atoms with Crippen LogP contribution in [0.3, 0.4) is 0 Å². The molecule has 0 bridgehead atoms. The number of carboxylic acids is 1. The molecule has 8 nitrogen and oxygen atoms in total. The number of nitrogens with one attached hydrogen (secondary N) is 1. The van der Waals surface area contributed by atoms with E-state index in [1.807, 2.05) is 58.0 Å². The predicted octanol–water partition coefficient (Wildman–Crippen LogP) is 3.92. The lowest BCUT2D eigenvalue weighted by molar-refractivity contribution is 0.00578. The van der Waals surface area contributed by atoms with Crippen LogP contribution < -0.4 is 5.32 Å². The van der Waals surface area contributed by atoms with Gasteiger partial charge in [0.25, 0.3) is 0 Å². The van der Waals surface area contributed by atoms with Gasteiger partial charge < -0.3 is 28.9 Å². The lowest BCUT2D eigenvalue weighted by Crippen LogP contribution is -2.41. The Hall–Kier alpha value is -3.04. The highest BCUT2D eigenvalue weighted by Gasteiger charge is 2.52. The van der Waals surface area contributed by atoms with E-state index in [0.29, 0.717) is 11.2 Å². The summed E-state index contributed by atoms with van der Waals surface area (Å²) in [6, 6.07) is 12.2. The summed E-state index contributed by atoms with van der Waals surface area (Å²) in [6.07, 6.45) is 1.00. The molecule has 31 heavy (non-hydrogen) atoms. The van der Waals surface area contributed by atoms with Gasteiger partial charge in [-0.25, -0.2) is 9.59 Å². The van der Waals surface area contributed by atoms with Crippen LogP contribution in [0.1, 0.15) is 49.6 Å². The molecule has 2 N–H and O–H groups in total. The average molecular weight is 427 g/mol. The molecule has 1 saturated heterocycles. The van der Waals surface area contributed by atoms with Crippen LogP contribution in [0.2, 0.25) is 0 Å². The number of hydrogen-bond acceptors (Lipinski definition) is 6. The van der Waals surface area contributed by atoms with E-state index >= 15 is 0 Å². The molecule has 2 heterocycles. The van der Waals surface area contributed by atoms with E-state index in [1.54, 1.807) is 6.08 Å². The number of benzene rings is 1. The molecule has 164 valence electrons. The van der Waals surface area contributed by atoms with Crippen molar-refractivity contribution in [1.29, 1.82) is 0 Å². The van der Waals surface area contributed by atoms with Crippen LogP contribution in [0.4, 0.5) is 4.79 Å². The number of carbonyl (C=O) groups is 2. The van der Waals surface area contributed by atoms with Gasteiger partial charge in [-0.15, -0.1) is 0 Å². The fourth-order valence-corrected chi connectivity index (χ4v) is 2.87. The number of carbonyl (C=O) groups excluding carboxylic acids is 1. The Kier molecular flexibility index (Phi) is 6.57. The number of alkyl carbamates (subject to hydrolysis) is 1. The van der Waals surface area contributed by atoms with Crippen molar-refractivity contribution in [2.75, 3.05) is 6.54 Å². The number of carboxylic acid groups (broad SMARTS) is 1. The highest BCUT2D eigenvalue weighted by atomic mass is 16.7. The topological polar surface area (TPSA) is 107 Å². The molecule has 1 fully saturated rings. The van der Waals surface area contributed by atoms with Crippen molar-refractivity contribution in [2.45, 2.75) is 45.5 Å². The third kappa shape index (κ3) is 5.56. The minimum absolute atomic E-state index is 0.0631. The number of ether oxygens (including phenoxy) is 1. The zero-order valence-corrected chi connectivity index (χ0v) is 18.0. The molecule has 0 unspecified atom stereocenters. The summed E-state index contributed by atoms with van der Waals surface area (Å²) in [4.78, 5) is 23.3. The van der Waals surface area contributed by atoms with Crippen molar-refractivity contribution in [2.24, 2.45) is 0 Å². The van der Waals surface area contributed by atoms with E-state index in [1.165, 1.54) is 12.1 Å². The van der Waals surface area contributed by atoms with Crippen molar-refractivity contribution >= 4 is 25.3 Å². The van der Waals surface area contributed by atoms with E-state index in [9.17, 15) is 9.59 Å². The Morgan fingerprint density at radius 2 is 1.71 bits per heavy atom. The van der Waals surface area contributed by atoms with E-state index in [-0.39, 0.29) is 18.9 Å². The van der Waals surface area contributed by atoms with Crippen LogP contribution in [0.25, 0.3) is 6.08 Å². The zero-order valence-electron chi connectivity index (χ0n) is 18.0. The first kappa shape index (κ1) is 22.6. The molecular formula is C22H26BNO7. The van der Waals surface area contributed by atoms with E-state index < -0.39 is 30.4 Å². The summed E-state index contributed by atoms with van der Waals surface area (Å²) in [5, 5.41) is 11.8. The summed E-state index contributed by atoms with van der Waals surface area (Å²) < 4.78 is 22.7. The largest absolute Gasteiger partial charge is 0.492 e. The van der Waals surface area contributed by atoms with Gasteiger partial charge in [0.05, 0.1) is 11.2 Å². The standard InChI is InChI=1S/C22H26BNO7/c1-21(2)22(3,4)31-23(30-21)16(12-17-10-11-18(29-17)19(25)26)13-24-20(27)28-14-15-8-6-5-7-9-15/h5-12H,13-14H2,1-4H3,(H,24,27)(H,25,26). The maximum atomic E-state index is 12.2. The summed E-state index contributed by atoms with van der Waals surface area (Å²) in [5.74, 6) is -1.05. The Bertz CT molecular complexity index is 949. The Balaban J connectivity index is 1.72. The Morgan fingerprint density at radius 1 is 1.06 bits per heavy atom. The third-order valence-corrected chi connectivity index (χ3v) is 5.37. The van der Waals surface area contributed by atoms with Crippen LogP contribution in [0.5, 0.6) is 0 Å². The second-order valence-corrected chi connectivity index (χ2v) is 8.23. The molecule has 1 amide bonds. The number of aromatic carboxylic acids is 1. The lowest BCUT2D eigenvalue weighted by Gasteiger charge is -2.32. The van der Waals surface area contributed by atoms with Gasteiger partial charge in [-0.3, -0.25) is 0 Å². The molecule has 2 aromatic rings. The number of hydrogen-bond donors (Lipinski definition) is 2. The summed E-state index contributed by atoms with van der Waals surface area (Å²) in [5.41, 5.74) is 0.262. The van der Waals surface area contributed by atoms with Gasteiger partial charge in [-0.05, 0) is 56.9 Å². The Labute approximate surface area is 181 Å². The van der Waals surface area contributed by atoms with Gasteiger partial charge in [-0.1, -0.05) is 30.3 Å². The Morgan fingerprint density at radius 3 is 2.29 bits per heavy atom. The van der Waals surface area contributed by atoms with Gasteiger partial charge >= 0.3 is 19.2 Å². The second kappa shape index (κ2) is 8.99. The van der Waals surface area contributed by atoms with E-state index in [0.717, 1.165) is 5.56 Å². The average Bonchev–Trinajstić information content (AvgIpc) is 3.26. The van der Waals surface area contributed by atoms with E-state index in [2.05, 4.69) is 5.32 Å². The maximum absolute atomic E-state index is 12.2. The van der Waals surface area contributed by atoms with Crippen LogP contribution in [-0.2, 0) is 20.7 Å². The summed E-state index contributed by atoms with van der Waals surface area (Å²) >= 11 is 0. The molecule has 0 atom stereocenters. The molecular weight excluding hydrogens is 401 g/mol. The molecule has 1 aromatic heterocycles. The van der Waals surface area contributed by atoms with E-state index in [4.69, 9.17) is 23.6 Å². The molecule has 9 heteroatoms. The van der Waals surface area contributed by atoms with Crippen molar-refractivity contribution in [3.63, 3.8) is 0 Å². The molecule has 1 aliphatic rings. The summed E-state index contributed by atoms with van der Waals surface area (Å²) in [7, 11) is -0.752. The number of rotatable bonds is 7. The molecule has 1 aromatic carbocycles. The van der Waals surface area contributed by atoms with Crippen molar-refractivity contribution in [3.8, 4) is 0 Å². The van der Waals surface area contributed by atoms with Gasteiger partial charge in [-0.2, -0.15) is 0 Å². The molecule has 1 aliphatic heterocycles. The third-order valence-electron chi connectivity index (χ3n) is 5.37. The molecule has 0 aliphatic carbocycles. The summed E-state index contributed by atoms with van der Waals surface area (Å²) in [6.45, 7) is 7.88. The molecule has 0 spiro atoms. The van der Waals surface area contributed by atoms with Crippen LogP contribution in [0.15, 0.2) is 52.4 Å². The smallest absolute Gasteiger partial charge is 0.475 e. The normalized spacial score (nSPS) is 17.4. The second-order valence-electron chi connectivity index (χ2n) is 8.23. The number of amides is 1. The first-order valence-electron chi connectivity index (χ1n) is 9.91. The van der Waals surface area contributed by atoms with Gasteiger partial charge in [0.15, 0.2) is 0 Å². The maximum Gasteiger partial charge on any atom is 0.492 e. The SMILES string of the molecule is CC1(C)OB(C(=Cc2ccc(C(=O)O)o2)CNC(=O)OCc2ccccc2)OC1(C)C. The first-order chi connectivity index (χ1) is 14.6. The minimum Gasteiger partial charge on any atom is -0.475 e. The quantitative estimate of drug-likeness (QED) is 0.645.